The summed E-state index contributed by atoms with van der Waals surface area (Å²) >= 11 is 0. The number of nitrogens with one attached hydrogen (secondary N) is 1. The minimum absolute atomic E-state index is 0.0843. The highest BCUT2D eigenvalue weighted by atomic mass is 32.2. The minimum Gasteiger partial charge on any atom is -0.275 e. The van der Waals surface area contributed by atoms with Gasteiger partial charge in [0.2, 0.25) is 10.0 Å². The molecule has 0 saturated carbocycles. The quantitative estimate of drug-likeness (QED) is 0.207. The normalized spacial score (nSPS) is 18.2. The van der Waals surface area contributed by atoms with Gasteiger partial charge in [-0.15, -0.1) is 0 Å². The van der Waals surface area contributed by atoms with Crippen molar-refractivity contribution >= 4 is 27.5 Å². The Hall–Kier alpha value is -2.90. The van der Waals surface area contributed by atoms with Crippen LogP contribution in [0.25, 0.3) is 0 Å². The van der Waals surface area contributed by atoms with Crippen molar-refractivity contribution in [3.63, 3.8) is 0 Å². The van der Waals surface area contributed by atoms with Crippen LogP contribution >= 0.6 is 0 Å². The molecule has 10 heteroatoms. The molecule has 1 aromatic rings. The molecule has 9 nitrogen and oxygen atoms in total. The average Bonchev–Trinajstić information content (AvgIpc) is 2.88. The van der Waals surface area contributed by atoms with Gasteiger partial charge < -0.3 is 0 Å². The number of unbranched alkanes of at least 4 members (excludes halogenated alkanes) is 1. The summed E-state index contributed by atoms with van der Waals surface area (Å²) in [6.07, 6.45) is 6.47. The first-order valence-electron chi connectivity index (χ1n) is 13.9. The third kappa shape index (κ3) is 9.07. The van der Waals surface area contributed by atoms with Gasteiger partial charge in [-0.1, -0.05) is 59.8 Å². The molecule has 3 unspecified atom stereocenters. The summed E-state index contributed by atoms with van der Waals surface area (Å²) in [6, 6.07) is 6.58. The lowest BCUT2D eigenvalue weighted by atomic mass is 9.93. The van der Waals surface area contributed by atoms with Gasteiger partial charge in [-0.05, 0) is 68.4 Å². The summed E-state index contributed by atoms with van der Waals surface area (Å²) < 4.78 is 28.3. The molecule has 3 atom stereocenters. The van der Waals surface area contributed by atoms with Crippen molar-refractivity contribution in [3.8, 4) is 6.07 Å². The van der Waals surface area contributed by atoms with Gasteiger partial charge in [-0.2, -0.15) is 15.5 Å². The lowest BCUT2D eigenvalue weighted by Crippen LogP contribution is -2.49. The largest absolute Gasteiger partial charge is 0.275 e. The van der Waals surface area contributed by atoms with Gasteiger partial charge in [-0.3, -0.25) is 14.5 Å². The Morgan fingerprint density at radius 2 is 1.72 bits per heavy atom. The molecule has 0 fully saturated rings. The molecule has 1 aliphatic rings. The van der Waals surface area contributed by atoms with E-state index in [-0.39, 0.29) is 34.5 Å². The van der Waals surface area contributed by atoms with E-state index in [4.69, 9.17) is 0 Å². The van der Waals surface area contributed by atoms with Crippen molar-refractivity contribution in [1.82, 2.24) is 9.62 Å². The molecule has 1 heterocycles. The fourth-order valence-corrected chi connectivity index (χ4v) is 5.81. The number of benzene rings is 1. The van der Waals surface area contributed by atoms with Crippen LogP contribution in [0.5, 0.6) is 0 Å². The Morgan fingerprint density at radius 1 is 1.05 bits per heavy atom. The number of imide groups is 1. The van der Waals surface area contributed by atoms with Crippen LogP contribution in [0.1, 0.15) is 86.5 Å². The van der Waals surface area contributed by atoms with Crippen LogP contribution in [-0.2, 0) is 19.6 Å². The summed E-state index contributed by atoms with van der Waals surface area (Å²) in [7, 11) is -3.69. The van der Waals surface area contributed by atoms with Crippen LogP contribution in [0, 0.1) is 23.2 Å². The van der Waals surface area contributed by atoms with Crippen molar-refractivity contribution in [2.45, 2.75) is 103 Å². The average molecular weight is 558 g/mol. The number of nitrogens with zero attached hydrogens (tertiary/aromatic N) is 4. The van der Waals surface area contributed by atoms with Crippen molar-refractivity contribution in [1.29, 1.82) is 5.26 Å². The Morgan fingerprint density at radius 3 is 2.28 bits per heavy atom. The third-order valence-electron chi connectivity index (χ3n) is 7.07. The molecular weight excluding hydrogens is 514 g/mol. The zero-order chi connectivity index (χ0) is 29.2. The maximum absolute atomic E-state index is 13.3. The van der Waals surface area contributed by atoms with E-state index in [1.54, 1.807) is 6.92 Å². The molecule has 0 saturated heterocycles. The first kappa shape index (κ1) is 32.3. The van der Waals surface area contributed by atoms with Gasteiger partial charge in [0.05, 0.1) is 10.6 Å². The summed E-state index contributed by atoms with van der Waals surface area (Å²) in [5.74, 6) is -0.352. The predicted octanol–water partition coefficient (Wildman–Crippen LogP) is 6.06. The molecular formula is C29H43N5O4S. The molecule has 0 aliphatic carbocycles. The summed E-state index contributed by atoms with van der Waals surface area (Å²) in [5.41, 5.74) is 0.541. The highest BCUT2D eigenvalue weighted by Gasteiger charge is 2.40. The summed E-state index contributed by atoms with van der Waals surface area (Å²) in [5, 5.41) is 18.0. The topological polar surface area (TPSA) is 132 Å². The van der Waals surface area contributed by atoms with Gasteiger partial charge in [0.15, 0.2) is 6.04 Å². The zero-order valence-electron chi connectivity index (χ0n) is 24.1. The van der Waals surface area contributed by atoms with Gasteiger partial charge in [-0.25, -0.2) is 13.1 Å². The molecule has 2 amide bonds. The van der Waals surface area contributed by atoms with E-state index in [1.807, 2.05) is 19.9 Å². The van der Waals surface area contributed by atoms with Gasteiger partial charge >= 0.3 is 0 Å². The van der Waals surface area contributed by atoms with Crippen molar-refractivity contribution < 1.29 is 18.0 Å². The fourth-order valence-electron chi connectivity index (χ4n) is 4.53. The first-order valence-corrected chi connectivity index (χ1v) is 15.4. The third-order valence-corrected chi connectivity index (χ3v) is 8.68. The number of sulfonamides is 1. The van der Waals surface area contributed by atoms with E-state index < -0.39 is 27.9 Å². The molecule has 1 aliphatic heterocycles. The summed E-state index contributed by atoms with van der Waals surface area (Å²) in [6.45, 7) is 12.0. The SMILES string of the molecule is CCCCC(CC)CN1C(=O)C(C#N)=C(C)C(N=Nc2ccc(S(=O)(=O)NC(C)CCCC(C)C)cc2)C1=O. The van der Waals surface area contributed by atoms with Gasteiger partial charge in [0.1, 0.15) is 11.6 Å². The minimum atomic E-state index is -3.69. The van der Waals surface area contributed by atoms with Crippen LogP contribution in [0.15, 0.2) is 50.5 Å². The molecule has 1 aromatic carbocycles. The van der Waals surface area contributed by atoms with Gasteiger partial charge in [0, 0.05) is 12.6 Å². The van der Waals surface area contributed by atoms with Crippen LogP contribution < -0.4 is 4.72 Å². The summed E-state index contributed by atoms with van der Waals surface area (Å²) in [4.78, 5) is 27.4. The van der Waals surface area contributed by atoms with Gasteiger partial charge in [0.25, 0.3) is 11.8 Å². The second kappa shape index (κ2) is 15.0. The number of azo groups is 1. The van der Waals surface area contributed by atoms with E-state index in [2.05, 4.69) is 35.7 Å². The molecule has 0 spiro atoms. The van der Waals surface area contributed by atoms with E-state index in [0.717, 1.165) is 49.8 Å². The maximum atomic E-state index is 13.3. The van der Waals surface area contributed by atoms with E-state index in [1.165, 1.54) is 24.3 Å². The lowest BCUT2D eigenvalue weighted by Gasteiger charge is -2.31. The lowest BCUT2D eigenvalue weighted by molar-refractivity contribution is -0.144. The van der Waals surface area contributed by atoms with Crippen LogP contribution in [0.2, 0.25) is 0 Å². The highest BCUT2D eigenvalue weighted by Crippen LogP contribution is 2.27. The van der Waals surface area contributed by atoms with Crippen molar-refractivity contribution in [2.24, 2.45) is 22.1 Å². The number of hydrogen-bond donors (Lipinski definition) is 1. The number of amides is 2. The molecule has 1 N–H and O–H groups in total. The Balaban J connectivity index is 2.18. The van der Waals surface area contributed by atoms with Crippen LogP contribution in [-0.4, -0.2) is 43.8 Å². The van der Waals surface area contributed by atoms with Crippen molar-refractivity contribution in [3.05, 3.63) is 35.4 Å². The number of carbonyl (C=O) groups is 2. The predicted molar refractivity (Wildman–Crippen MR) is 152 cm³/mol. The maximum Gasteiger partial charge on any atom is 0.271 e. The molecule has 214 valence electrons. The highest BCUT2D eigenvalue weighted by molar-refractivity contribution is 7.89. The van der Waals surface area contributed by atoms with Crippen LogP contribution in [0.3, 0.4) is 0 Å². The Labute approximate surface area is 233 Å². The molecule has 2 rings (SSSR count). The van der Waals surface area contributed by atoms with E-state index >= 15 is 0 Å². The van der Waals surface area contributed by atoms with E-state index in [9.17, 15) is 23.3 Å². The smallest absolute Gasteiger partial charge is 0.271 e. The molecule has 0 aromatic heterocycles. The first-order chi connectivity index (χ1) is 18.4. The second-order valence-corrected chi connectivity index (χ2v) is 12.5. The fraction of sp³-hybridized carbons (Fsp3) is 0.621. The number of hydrogen-bond acceptors (Lipinski definition) is 7. The second-order valence-electron chi connectivity index (χ2n) is 10.8. The Kier molecular flexibility index (Phi) is 12.5. The number of nitriles is 1. The van der Waals surface area contributed by atoms with E-state index in [0.29, 0.717) is 11.6 Å². The Bertz CT molecular complexity index is 1200. The standard InChI is InChI=1S/C29H43N5O4S/c1-7-9-13-23(8-2)19-34-28(35)26(18-30)22(6)27(29(34)36)32-31-24-14-16-25(17-15-24)39(37,38)33-21(5)12-10-11-20(3)4/h14-17,20-21,23,27,33H,7-13,19H2,1-6H3. The van der Waals surface area contributed by atoms with Crippen molar-refractivity contribution in [2.75, 3.05) is 6.54 Å². The number of carbonyl (C=O) groups excluding carboxylic acids is 2. The zero-order valence-corrected chi connectivity index (χ0v) is 24.9. The van der Waals surface area contributed by atoms with Crippen LogP contribution in [0.4, 0.5) is 5.69 Å². The molecule has 39 heavy (non-hydrogen) atoms. The molecule has 0 radical (unpaired) electrons. The monoisotopic (exact) mass is 557 g/mol. The molecule has 0 bridgehead atoms. The number of rotatable bonds is 15.